The van der Waals surface area contributed by atoms with Crippen LogP contribution in [0.5, 0.6) is 0 Å². The van der Waals surface area contributed by atoms with Gasteiger partial charge in [-0.05, 0) is 19.8 Å². The molecule has 10 heavy (non-hydrogen) atoms. The van der Waals surface area contributed by atoms with E-state index in [2.05, 4.69) is 0 Å². The Morgan fingerprint density at radius 1 is 1.30 bits per heavy atom. The second-order valence-electron chi connectivity index (χ2n) is 2.01. The standard InChI is InChI=1S/C6H13O3P/c1-2-7-10-8-5-3-4-6-9-10/h2-6H2,1H3. The Labute approximate surface area is 62.7 Å². The van der Waals surface area contributed by atoms with Gasteiger partial charge >= 0.3 is 8.60 Å². The van der Waals surface area contributed by atoms with Crippen LogP contribution in [0.3, 0.4) is 0 Å². The Balaban J connectivity index is 2.15. The number of hydrogen-bond acceptors (Lipinski definition) is 3. The molecule has 0 aliphatic carbocycles. The molecular weight excluding hydrogens is 151 g/mol. The normalized spacial score (nSPS) is 22.5. The maximum atomic E-state index is 5.26. The largest absolute Gasteiger partial charge is 0.332 e. The van der Waals surface area contributed by atoms with Gasteiger partial charge in [0.1, 0.15) is 0 Å². The highest BCUT2D eigenvalue weighted by molar-refractivity contribution is 7.41. The average Bonchev–Trinajstić information content (AvgIpc) is 2.17. The fraction of sp³-hybridized carbons (Fsp3) is 1.00. The summed E-state index contributed by atoms with van der Waals surface area (Å²) in [5.41, 5.74) is 0. The summed E-state index contributed by atoms with van der Waals surface area (Å²) in [5, 5.41) is 0. The van der Waals surface area contributed by atoms with Crippen LogP contribution < -0.4 is 0 Å². The van der Waals surface area contributed by atoms with Gasteiger partial charge in [0.25, 0.3) is 0 Å². The molecule has 1 aliphatic heterocycles. The first kappa shape index (κ1) is 8.41. The minimum Gasteiger partial charge on any atom is -0.313 e. The summed E-state index contributed by atoms with van der Waals surface area (Å²) < 4.78 is 15.7. The Kier molecular flexibility index (Phi) is 4.23. The van der Waals surface area contributed by atoms with E-state index >= 15 is 0 Å². The SMILES string of the molecule is CCOP1OCCCCO1. The Bertz CT molecular complexity index is 81.1. The van der Waals surface area contributed by atoms with Crippen molar-refractivity contribution in [2.45, 2.75) is 19.8 Å². The second kappa shape index (κ2) is 5.03. The fourth-order valence-corrected chi connectivity index (χ4v) is 1.69. The zero-order valence-corrected chi connectivity index (χ0v) is 7.10. The Hall–Kier alpha value is 0.310. The van der Waals surface area contributed by atoms with Crippen molar-refractivity contribution in [3.05, 3.63) is 0 Å². The first-order valence-electron chi connectivity index (χ1n) is 3.62. The van der Waals surface area contributed by atoms with Gasteiger partial charge in [-0.3, -0.25) is 0 Å². The lowest BCUT2D eigenvalue weighted by atomic mass is 10.3. The zero-order chi connectivity index (χ0) is 7.23. The molecule has 0 atom stereocenters. The van der Waals surface area contributed by atoms with Crippen molar-refractivity contribution in [3.63, 3.8) is 0 Å². The molecule has 0 unspecified atom stereocenters. The lowest BCUT2D eigenvalue weighted by Gasteiger charge is -2.10. The molecule has 1 rings (SSSR count). The first-order chi connectivity index (χ1) is 4.93. The van der Waals surface area contributed by atoms with E-state index in [0.29, 0.717) is 6.61 Å². The van der Waals surface area contributed by atoms with Gasteiger partial charge in [-0.2, -0.15) is 0 Å². The van der Waals surface area contributed by atoms with Crippen molar-refractivity contribution < 1.29 is 13.6 Å². The molecule has 3 nitrogen and oxygen atoms in total. The minimum atomic E-state index is -0.998. The monoisotopic (exact) mass is 164 g/mol. The van der Waals surface area contributed by atoms with Crippen molar-refractivity contribution in [2.24, 2.45) is 0 Å². The molecule has 1 saturated heterocycles. The van der Waals surface area contributed by atoms with Crippen LogP contribution in [0.2, 0.25) is 0 Å². The molecule has 1 fully saturated rings. The van der Waals surface area contributed by atoms with Crippen molar-refractivity contribution >= 4 is 8.60 Å². The molecule has 1 aliphatic rings. The molecule has 0 N–H and O–H groups in total. The van der Waals surface area contributed by atoms with Crippen LogP contribution in [0.25, 0.3) is 0 Å². The molecule has 0 aromatic rings. The topological polar surface area (TPSA) is 27.7 Å². The molecule has 0 spiro atoms. The predicted molar refractivity (Wildman–Crippen MR) is 39.7 cm³/mol. The number of rotatable bonds is 2. The highest BCUT2D eigenvalue weighted by Gasteiger charge is 2.13. The molecule has 1 heterocycles. The third-order valence-electron chi connectivity index (χ3n) is 1.17. The summed E-state index contributed by atoms with van der Waals surface area (Å²) in [6.07, 6.45) is 2.18. The van der Waals surface area contributed by atoms with Gasteiger partial charge in [-0.25, -0.2) is 0 Å². The fourth-order valence-electron chi connectivity index (χ4n) is 0.700. The van der Waals surface area contributed by atoms with Gasteiger partial charge in [0.15, 0.2) is 0 Å². The molecule has 0 amide bonds. The Morgan fingerprint density at radius 3 is 2.40 bits per heavy atom. The van der Waals surface area contributed by atoms with E-state index in [-0.39, 0.29) is 0 Å². The van der Waals surface area contributed by atoms with Crippen LogP contribution in [0.1, 0.15) is 19.8 Å². The van der Waals surface area contributed by atoms with E-state index in [9.17, 15) is 0 Å². The number of hydrogen-bond donors (Lipinski definition) is 0. The predicted octanol–water partition coefficient (Wildman–Crippen LogP) is 2.08. The molecule has 0 aromatic heterocycles. The van der Waals surface area contributed by atoms with Gasteiger partial charge < -0.3 is 13.6 Å². The van der Waals surface area contributed by atoms with Crippen molar-refractivity contribution in [1.82, 2.24) is 0 Å². The molecule has 0 aromatic carbocycles. The van der Waals surface area contributed by atoms with E-state index < -0.39 is 8.60 Å². The molecular formula is C6H13O3P. The van der Waals surface area contributed by atoms with E-state index in [4.69, 9.17) is 13.6 Å². The summed E-state index contributed by atoms with van der Waals surface area (Å²) >= 11 is 0. The summed E-state index contributed by atoms with van der Waals surface area (Å²) in [5.74, 6) is 0. The average molecular weight is 164 g/mol. The van der Waals surface area contributed by atoms with Crippen molar-refractivity contribution in [3.8, 4) is 0 Å². The van der Waals surface area contributed by atoms with Crippen LogP contribution in [-0.4, -0.2) is 19.8 Å². The maximum absolute atomic E-state index is 5.26. The summed E-state index contributed by atoms with van der Waals surface area (Å²) in [4.78, 5) is 0. The smallest absolute Gasteiger partial charge is 0.313 e. The van der Waals surface area contributed by atoms with Crippen molar-refractivity contribution in [1.29, 1.82) is 0 Å². The summed E-state index contributed by atoms with van der Waals surface area (Å²) in [7, 11) is -0.998. The Morgan fingerprint density at radius 2 is 1.90 bits per heavy atom. The first-order valence-corrected chi connectivity index (χ1v) is 4.72. The van der Waals surface area contributed by atoms with Gasteiger partial charge in [0.2, 0.25) is 0 Å². The van der Waals surface area contributed by atoms with Crippen LogP contribution >= 0.6 is 8.60 Å². The lowest BCUT2D eigenvalue weighted by molar-refractivity contribution is 0.189. The van der Waals surface area contributed by atoms with Crippen LogP contribution in [0.4, 0.5) is 0 Å². The minimum absolute atomic E-state index is 0.672. The van der Waals surface area contributed by atoms with Gasteiger partial charge in [0, 0.05) is 0 Å². The van der Waals surface area contributed by atoms with Gasteiger partial charge in [-0.1, -0.05) is 0 Å². The lowest BCUT2D eigenvalue weighted by Crippen LogP contribution is -1.91. The quantitative estimate of drug-likeness (QED) is 0.585. The van der Waals surface area contributed by atoms with Crippen LogP contribution in [-0.2, 0) is 13.6 Å². The third-order valence-corrected chi connectivity index (χ3v) is 2.42. The van der Waals surface area contributed by atoms with E-state index in [0.717, 1.165) is 26.1 Å². The van der Waals surface area contributed by atoms with Gasteiger partial charge in [-0.15, -0.1) is 0 Å². The summed E-state index contributed by atoms with van der Waals surface area (Å²) in [6.45, 7) is 4.18. The van der Waals surface area contributed by atoms with E-state index in [1.54, 1.807) is 0 Å². The molecule has 0 saturated carbocycles. The van der Waals surface area contributed by atoms with Crippen LogP contribution in [0.15, 0.2) is 0 Å². The molecule has 0 bridgehead atoms. The summed E-state index contributed by atoms with van der Waals surface area (Å²) in [6, 6.07) is 0. The van der Waals surface area contributed by atoms with Crippen molar-refractivity contribution in [2.75, 3.05) is 19.8 Å². The zero-order valence-electron chi connectivity index (χ0n) is 6.21. The van der Waals surface area contributed by atoms with E-state index in [1.807, 2.05) is 6.92 Å². The maximum Gasteiger partial charge on any atom is 0.332 e. The van der Waals surface area contributed by atoms with Gasteiger partial charge in [0.05, 0.1) is 19.8 Å². The molecule has 60 valence electrons. The second-order valence-corrected chi connectivity index (χ2v) is 3.24. The highest BCUT2D eigenvalue weighted by Crippen LogP contribution is 2.41. The van der Waals surface area contributed by atoms with E-state index in [1.165, 1.54) is 0 Å². The molecule has 0 radical (unpaired) electrons. The van der Waals surface area contributed by atoms with Crippen LogP contribution in [0, 0.1) is 0 Å². The third kappa shape index (κ3) is 2.93. The molecule has 4 heteroatoms. The highest BCUT2D eigenvalue weighted by atomic mass is 31.2.